The Morgan fingerprint density at radius 3 is 2.75 bits per heavy atom. The van der Waals surface area contributed by atoms with Gasteiger partial charge in [-0.3, -0.25) is 0 Å². The normalized spacial score (nSPS) is 16.8. The van der Waals surface area contributed by atoms with Gasteiger partial charge in [0.25, 0.3) is 0 Å². The number of halogens is 1. The number of carbonyl (C=O) groups is 1. The summed E-state index contributed by atoms with van der Waals surface area (Å²) >= 11 is 6.02. The maximum absolute atomic E-state index is 10.9. The number of fused-ring (bicyclic) bond motifs is 1. The van der Waals surface area contributed by atoms with Crippen LogP contribution in [0.4, 0.5) is 4.79 Å². The molecule has 2 aromatic rings. The molecule has 1 atom stereocenters. The van der Waals surface area contributed by atoms with Crippen LogP contribution in [-0.4, -0.2) is 6.09 Å². The van der Waals surface area contributed by atoms with Crippen molar-refractivity contribution in [3.05, 3.63) is 58.6 Å². The number of aryl methyl sites for hydroxylation is 1. The Labute approximate surface area is 122 Å². The first kappa shape index (κ1) is 13.0. The van der Waals surface area contributed by atoms with Crippen LogP contribution in [0, 0.1) is 0 Å². The fourth-order valence-corrected chi connectivity index (χ4v) is 2.86. The lowest BCUT2D eigenvalue weighted by atomic mass is 10.00. The van der Waals surface area contributed by atoms with Gasteiger partial charge in [0.05, 0.1) is 0 Å². The number of nitrogens with two attached hydrogens (primary N) is 1. The van der Waals surface area contributed by atoms with Gasteiger partial charge in [0.2, 0.25) is 0 Å². The lowest BCUT2D eigenvalue weighted by molar-refractivity contribution is 0.107. The molecular formula is C16H14ClNO2. The van der Waals surface area contributed by atoms with E-state index in [1.807, 2.05) is 24.3 Å². The number of ether oxygens (including phenoxy) is 1. The Kier molecular flexibility index (Phi) is 3.36. The molecule has 0 fully saturated rings. The highest BCUT2D eigenvalue weighted by atomic mass is 35.5. The molecule has 3 rings (SSSR count). The van der Waals surface area contributed by atoms with Gasteiger partial charge < -0.3 is 10.5 Å². The standard InChI is InChI=1S/C16H14ClNO2/c17-13-3-1-2-11(8-13)12-5-4-10-6-7-15(14(10)9-12)20-16(18)19/h1-5,8-9,15H,6-7H2,(H2,18,19). The summed E-state index contributed by atoms with van der Waals surface area (Å²) in [6.07, 6.45) is 0.734. The van der Waals surface area contributed by atoms with Gasteiger partial charge in [0, 0.05) is 5.02 Å². The van der Waals surface area contributed by atoms with Crippen LogP contribution in [0.2, 0.25) is 5.02 Å². The van der Waals surface area contributed by atoms with E-state index in [0.29, 0.717) is 5.02 Å². The van der Waals surface area contributed by atoms with E-state index in [1.54, 1.807) is 0 Å². The summed E-state index contributed by atoms with van der Waals surface area (Å²) in [5.41, 5.74) is 9.48. The maximum Gasteiger partial charge on any atom is 0.405 e. The highest BCUT2D eigenvalue weighted by Crippen LogP contribution is 2.36. The van der Waals surface area contributed by atoms with Crippen molar-refractivity contribution in [2.24, 2.45) is 5.73 Å². The predicted molar refractivity (Wildman–Crippen MR) is 78.6 cm³/mol. The van der Waals surface area contributed by atoms with E-state index >= 15 is 0 Å². The van der Waals surface area contributed by atoms with Crippen molar-refractivity contribution in [2.75, 3.05) is 0 Å². The summed E-state index contributed by atoms with van der Waals surface area (Å²) < 4.78 is 5.17. The van der Waals surface area contributed by atoms with Crippen LogP contribution in [0.15, 0.2) is 42.5 Å². The molecule has 1 aliphatic rings. The highest BCUT2D eigenvalue weighted by Gasteiger charge is 2.25. The number of carbonyl (C=O) groups excluding carboxylic acids is 1. The van der Waals surface area contributed by atoms with Crippen molar-refractivity contribution in [3.8, 4) is 11.1 Å². The van der Waals surface area contributed by atoms with E-state index in [4.69, 9.17) is 22.1 Å². The SMILES string of the molecule is NC(=O)OC1CCc2ccc(-c3cccc(Cl)c3)cc21. The molecule has 4 heteroatoms. The lowest BCUT2D eigenvalue weighted by Crippen LogP contribution is -2.15. The van der Waals surface area contributed by atoms with Crippen molar-refractivity contribution < 1.29 is 9.53 Å². The summed E-state index contributed by atoms with van der Waals surface area (Å²) in [4.78, 5) is 10.9. The van der Waals surface area contributed by atoms with Crippen LogP contribution in [0.25, 0.3) is 11.1 Å². The first-order chi connectivity index (χ1) is 9.63. The number of amides is 1. The van der Waals surface area contributed by atoms with Crippen LogP contribution in [-0.2, 0) is 11.2 Å². The first-order valence-corrected chi connectivity index (χ1v) is 6.86. The Bertz CT molecular complexity index is 669. The Hall–Kier alpha value is -2.00. The molecule has 3 nitrogen and oxygen atoms in total. The fourth-order valence-electron chi connectivity index (χ4n) is 2.67. The zero-order valence-electron chi connectivity index (χ0n) is 10.8. The quantitative estimate of drug-likeness (QED) is 0.904. The monoisotopic (exact) mass is 287 g/mol. The average molecular weight is 288 g/mol. The second kappa shape index (κ2) is 5.17. The summed E-state index contributed by atoms with van der Waals surface area (Å²) in [6, 6.07) is 13.9. The Morgan fingerprint density at radius 2 is 2.00 bits per heavy atom. The van der Waals surface area contributed by atoms with Crippen LogP contribution >= 0.6 is 11.6 Å². The second-order valence-corrected chi connectivity index (χ2v) is 5.32. The largest absolute Gasteiger partial charge is 0.441 e. The molecule has 0 saturated carbocycles. The minimum atomic E-state index is -0.726. The molecule has 0 aliphatic heterocycles. The number of primary amides is 1. The van der Waals surface area contributed by atoms with Gasteiger partial charge >= 0.3 is 6.09 Å². The number of benzene rings is 2. The molecule has 102 valence electrons. The third-order valence-corrected chi connectivity index (χ3v) is 3.82. The van der Waals surface area contributed by atoms with Gasteiger partial charge in [-0.15, -0.1) is 0 Å². The van der Waals surface area contributed by atoms with Crippen LogP contribution in [0.3, 0.4) is 0 Å². The molecule has 20 heavy (non-hydrogen) atoms. The molecule has 0 aromatic heterocycles. The van der Waals surface area contributed by atoms with Gasteiger partial charge in [-0.1, -0.05) is 35.9 Å². The molecular weight excluding hydrogens is 274 g/mol. The van der Waals surface area contributed by atoms with Crippen LogP contribution < -0.4 is 5.73 Å². The zero-order valence-corrected chi connectivity index (χ0v) is 11.6. The minimum Gasteiger partial charge on any atom is -0.441 e. The van der Waals surface area contributed by atoms with Crippen molar-refractivity contribution >= 4 is 17.7 Å². The van der Waals surface area contributed by atoms with Gasteiger partial charge in [0.1, 0.15) is 6.10 Å². The summed E-state index contributed by atoms with van der Waals surface area (Å²) in [7, 11) is 0. The predicted octanol–water partition coefficient (Wildman–Crippen LogP) is 4.09. The third kappa shape index (κ3) is 2.49. The minimum absolute atomic E-state index is 0.235. The summed E-state index contributed by atoms with van der Waals surface area (Å²) in [5, 5.41) is 0.702. The lowest BCUT2D eigenvalue weighted by Gasteiger charge is -2.12. The zero-order chi connectivity index (χ0) is 14.1. The molecule has 0 radical (unpaired) electrons. The molecule has 0 saturated heterocycles. The van der Waals surface area contributed by atoms with E-state index in [1.165, 1.54) is 5.56 Å². The topological polar surface area (TPSA) is 52.3 Å². The van der Waals surface area contributed by atoms with Crippen molar-refractivity contribution in [2.45, 2.75) is 18.9 Å². The fraction of sp³-hybridized carbons (Fsp3) is 0.188. The van der Waals surface area contributed by atoms with Crippen LogP contribution in [0.5, 0.6) is 0 Å². The highest BCUT2D eigenvalue weighted by molar-refractivity contribution is 6.30. The van der Waals surface area contributed by atoms with Crippen LogP contribution in [0.1, 0.15) is 23.7 Å². The first-order valence-electron chi connectivity index (χ1n) is 6.48. The van der Waals surface area contributed by atoms with E-state index in [9.17, 15) is 4.79 Å². The van der Waals surface area contributed by atoms with Gasteiger partial charge in [-0.2, -0.15) is 0 Å². The Balaban J connectivity index is 1.98. The average Bonchev–Trinajstić information content (AvgIpc) is 2.80. The molecule has 0 spiro atoms. The van der Waals surface area contributed by atoms with E-state index in [2.05, 4.69) is 18.2 Å². The van der Waals surface area contributed by atoms with Gasteiger partial charge in [0.15, 0.2) is 0 Å². The van der Waals surface area contributed by atoms with Crippen molar-refractivity contribution in [1.29, 1.82) is 0 Å². The molecule has 0 heterocycles. The molecule has 1 amide bonds. The van der Waals surface area contributed by atoms with Gasteiger partial charge in [-0.25, -0.2) is 4.79 Å². The number of rotatable bonds is 2. The van der Waals surface area contributed by atoms with Crippen molar-refractivity contribution in [1.82, 2.24) is 0 Å². The number of hydrogen-bond donors (Lipinski definition) is 1. The molecule has 1 unspecified atom stereocenters. The molecule has 2 aromatic carbocycles. The summed E-state index contributed by atoms with van der Waals surface area (Å²) in [6.45, 7) is 0. The molecule has 0 bridgehead atoms. The third-order valence-electron chi connectivity index (χ3n) is 3.58. The van der Waals surface area contributed by atoms with E-state index in [0.717, 1.165) is 29.5 Å². The summed E-state index contributed by atoms with van der Waals surface area (Å²) in [5.74, 6) is 0. The van der Waals surface area contributed by atoms with E-state index < -0.39 is 6.09 Å². The molecule has 2 N–H and O–H groups in total. The Morgan fingerprint density at radius 1 is 1.20 bits per heavy atom. The van der Waals surface area contributed by atoms with Crippen molar-refractivity contribution in [3.63, 3.8) is 0 Å². The van der Waals surface area contributed by atoms with E-state index in [-0.39, 0.29) is 6.10 Å². The number of hydrogen-bond acceptors (Lipinski definition) is 2. The second-order valence-electron chi connectivity index (χ2n) is 4.89. The smallest absolute Gasteiger partial charge is 0.405 e. The van der Waals surface area contributed by atoms with Gasteiger partial charge in [-0.05, 0) is 53.3 Å². The maximum atomic E-state index is 10.9. The molecule has 1 aliphatic carbocycles.